The van der Waals surface area contributed by atoms with E-state index >= 15 is 0 Å². The van der Waals surface area contributed by atoms with Crippen LogP contribution in [0, 0.1) is 5.92 Å². The van der Waals surface area contributed by atoms with Gasteiger partial charge in [-0.2, -0.15) is 10.2 Å². The topological polar surface area (TPSA) is 86.9 Å². The van der Waals surface area contributed by atoms with Gasteiger partial charge in [0.2, 0.25) is 0 Å². The molecule has 1 atom stereocenters. The van der Waals surface area contributed by atoms with Gasteiger partial charge in [-0.25, -0.2) is 4.98 Å². The van der Waals surface area contributed by atoms with Crippen molar-refractivity contribution < 1.29 is 9.53 Å². The number of benzene rings is 1. The Bertz CT molecular complexity index is 1210. The Hall–Kier alpha value is -3.39. The van der Waals surface area contributed by atoms with Gasteiger partial charge in [-0.05, 0) is 36.2 Å². The summed E-state index contributed by atoms with van der Waals surface area (Å²) in [6.07, 6.45) is 5.04. The van der Waals surface area contributed by atoms with Gasteiger partial charge in [0, 0.05) is 31.9 Å². The monoisotopic (exact) mass is 438 g/mol. The van der Waals surface area contributed by atoms with Crippen molar-refractivity contribution in [1.29, 1.82) is 0 Å². The van der Waals surface area contributed by atoms with E-state index in [1.54, 1.807) is 41.1 Å². The lowest BCUT2D eigenvalue weighted by atomic mass is 10.1. The molecule has 4 rings (SSSR count). The third-order valence-corrected chi connectivity index (χ3v) is 5.24. The molecule has 1 amide bonds. The fourth-order valence-electron chi connectivity index (χ4n) is 3.40. The first-order valence-electron chi connectivity index (χ1n) is 9.88. The number of methoxy groups -OCH3 is 1. The van der Waals surface area contributed by atoms with Crippen molar-refractivity contribution in [3.05, 3.63) is 59.5 Å². The van der Waals surface area contributed by atoms with E-state index in [-0.39, 0.29) is 11.8 Å². The maximum absolute atomic E-state index is 13.1. The lowest BCUT2D eigenvalue weighted by Crippen LogP contribution is -2.30. The van der Waals surface area contributed by atoms with Gasteiger partial charge in [0.05, 0.1) is 41.2 Å². The Kier molecular flexibility index (Phi) is 5.90. The van der Waals surface area contributed by atoms with E-state index in [1.807, 2.05) is 38.2 Å². The second kappa shape index (κ2) is 8.77. The summed E-state index contributed by atoms with van der Waals surface area (Å²) < 4.78 is 8.67. The molecule has 0 aliphatic heterocycles. The zero-order valence-electron chi connectivity index (χ0n) is 17.5. The predicted molar refractivity (Wildman–Crippen MR) is 119 cm³/mol. The number of fused-ring (bicyclic) bond motifs is 1. The molecule has 0 saturated heterocycles. The molecule has 0 aliphatic rings. The third-order valence-electron chi connectivity index (χ3n) is 5.05. The molecule has 4 aromatic rings. The second-order valence-corrected chi connectivity index (χ2v) is 7.92. The molecule has 0 unspecified atom stereocenters. The molecule has 0 radical (unpaired) electrons. The quantitative estimate of drug-likeness (QED) is 0.476. The van der Waals surface area contributed by atoms with Crippen LogP contribution in [0.3, 0.4) is 0 Å². The molecule has 3 aromatic heterocycles. The zero-order valence-corrected chi connectivity index (χ0v) is 18.3. The largest absolute Gasteiger partial charge is 0.497 e. The first-order chi connectivity index (χ1) is 14.9. The smallest absolute Gasteiger partial charge is 0.252 e. The summed E-state index contributed by atoms with van der Waals surface area (Å²) in [6.45, 7) is 3.20. The molecule has 1 aromatic carbocycles. The lowest BCUT2D eigenvalue weighted by molar-refractivity contribution is 0.0948. The molecule has 0 bridgehead atoms. The Labute approximate surface area is 184 Å². The fraction of sp³-hybridized carbons (Fsp3) is 0.273. The van der Waals surface area contributed by atoms with Gasteiger partial charge in [0.1, 0.15) is 5.75 Å². The summed E-state index contributed by atoms with van der Waals surface area (Å²) >= 11 is 5.92. The Morgan fingerprint density at radius 3 is 2.68 bits per heavy atom. The Balaban J connectivity index is 1.57. The number of rotatable bonds is 7. The fourth-order valence-corrected chi connectivity index (χ4v) is 3.55. The van der Waals surface area contributed by atoms with Crippen molar-refractivity contribution in [2.45, 2.75) is 13.5 Å². The van der Waals surface area contributed by atoms with Gasteiger partial charge in [-0.1, -0.05) is 18.5 Å². The van der Waals surface area contributed by atoms with Crippen molar-refractivity contribution >= 4 is 28.5 Å². The number of hydrogen-bond donors (Lipinski definition) is 1. The normalized spacial score (nSPS) is 12.1. The summed E-state index contributed by atoms with van der Waals surface area (Å²) in [5.74, 6) is 0.767. The highest BCUT2D eigenvalue weighted by molar-refractivity contribution is 6.30. The van der Waals surface area contributed by atoms with E-state index in [0.717, 1.165) is 11.3 Å². The summed E-state index contributed by atoms with van der Waals surface area (Å²) in [4.78, 5) is 17.8. The number of ether oxygens (including phenoxy) is 1. The van der Waals surface area contributed by atoms with Crippen molar-refractivity contribution in [3.63, 3.8) is 0 Å². The average Bonchev–Trinajstić information content (AvgIpc) is 3.36. The summed E-state index contributed by atoms with van der Waals surface area (Å²) in [7, 11) is 3.44. The molecule has 0 saturated carbocycles. The predicted octanol–water partition coefficient (Wildman–Crippen LogP) is 3.56. The third kappa shape index (κ3) is 4.54. The standard InChI is InChI=1S/C22H23ClN6O2/c1-14(12-29-13-16(23)10-26-29)9-24-22(30)18-8-20(15-4-6-17(31-3)7-5-15)27-21-19(18)11-25-28(21)2/h4-8,10-11,13-14H,9,12H2,1-3H3,(H,24,30)/t14-/m0/s1. The van der Waals surface area contributed by atoms with Crippen molar-refractivity contribution in [1.82, 2.24) is 29.9 Å². The van der Waals surface area contributed by atoms with Gasteiger partial charge in [-0.15, -0.1) is 0 Å². The summed E-state index contributed by atoms with van der Waals surface area (Å²) in [5, 5.41) is 12.8. The molecular formula is C22H23ClN6O2. The van der Waals surface area contributed by atoms with Crippen LogP contribution in [0.25, 0.3) is 22.3 Å². The van der Waals surface area contributed by atoms with E-state index in [0.29, 0.717) is 40.4 Å². The van der Waals surface area contributed by atoms with Crippen LogP contribution in [-0.4, -0.2) is 44.1 Å². The highest BCUT2D eigenvalue weighted by Gasteiger charge is 2.17. The minimum atomic E-state index is -0.166. The molecule has 31 heavy (non-hydrogen) atoms. The minimum absolute atomic E-state index is 0.166. The van der Waals surface area contributed by atoms with Crippen LogP contribution in [0.2, 0.25) is 5.02 Å². The Morgan fingerprint density at radius 1 is 1.23 bits per heavy atom. The van der Waals surface area contributed by atoms with Gasteiger partial charge >= 0.3 is 0 Å². The number of amides is 1. The number of pyridine rings is 1. The molecule has 3 heterocycles. The number of nitrogens with one attached hydrogen (secondary N) is 1. The Morgan fingerprint density at radius 2 is 2.00 bits per heavy atom. The molecule has 8 nitrogen and oxygen atoms in total. The van der Waals surface area contributed by atoms with Crippen molar-refractivity contribution in [3.8, 4) is 17.0 Å². The molecule has 0 fully saturated rings. The zero-order chi connectivity index (χ0) is 22.0. The summed E-state index contributed by atoms with van der Waals surface area (Å²) in [5.41, 5.74) is 2.78. The van der Waals surface area contributed by atoms with E-state index in [2.05, 4.69) is 15.5 Å². The van der Waals surface area contributed by atoms with Gasteiger partial charge in [0.15, 0.2) is 5.65 Å². The number of aryl methyl sites for hydroxylation is 1. The number of carbonyl (C=O) groups is 1. The highest BCUT2D eigenvalue weighted by atomic mass is 35.5. The molecular weight excluding hydrogens is 416 g/mol. The molecule has 1 N–H and O–H groups in total. The van der Waals surface area contributed by atoms with E-state index in [9.17, 15) is 4.79 Å². The highest BCUT2D eigenvalue weighted by Crippen LogP contribution is 2.26. The second-order valence-electron chi connectivity index (χ2n) is 7.48. The van der Waals surface area contributed by atoms with Crippen molar-refractivity contribution in [2.75, 3.05) is 13.7 Å². The van der Waals surface area contributed by atoms with E-state index in [1.165, 1.54) is 0 Å². The van der Waals surface area contributed by atoms with E-state index < -0.39 is 0 Å². The first-order valence-corrected chi connectivity index (χ1v) is 10.3. The summed E-state index contributed by atoms with van der Waals surface area (Å²) in [6, 6.07) is 9.38. The van der Waals surface area contributed by atoms with Crippen LogP contribution in [0.1, 0.15) is 17.3 Å². The van der Waals surface area contributed by atoms with E-state index in [4.69, 9.17) is 21.3 Å². The first kappa shape index (κ1) is 20.9. The van der Waals surface area contributed by atoms with Gasteiger partial charge in [-0.3, -0.25) is 14.2 Å². The van der Waals surface area contributed by atoms with Crippen LogP contribution in [-0.2, 0) is 13.6 Å². The minimum Gasteiger partial charge on any atom is -0.497 e. The maximum Gasteiger partial charge on any atom is 0.252 e. The molecule has 9 heteroatoms. The van der Waals surface area contributed by atoms with Crippen LogP contribution in [0.4, 0.5) is 0 Å². The molecule has 0 spiro atoms. The van der Waals surface area contributed by atoms with Crippen LogP contribution >= 0.6 is 11.6 Å². The maximum atomic E-state index is 13.1. The number of hydrogen-bond acceptors (Lipinski definition) is 5. The number of nitrogens with zero attached hydrogens (tertiary/aromatic N) is 5. The van der Waals surface area contributed by atoms with Crippen molar-refractivity contribution in [2.24, 2.45) is 13.0 Å². The number of halogens is 1. The molecule has 0 aliphatic carbocycles. The van der Waals surface area contributed by atoms with Gasteiger partial charge < -0.3 is 10.1 Å². The number of aromatic nitrogens is 5. The van der Waals surface area contributed by atoms with Gasteiger partial charge in [0.25, 0.3) is 5.91 Å². The SMILES string of the molecule is COc1ccc(-c2cc(C(=O)NC[C@H](C)Cn3cc(Cl)cn3)c3cnn(C)c3n2)cc1. The van der Waals surface area contributed by atoms with Crippen LogP contribution in [0.5, 0.6) is 5.75 Å². The molecule has 160 valence electrons. The average molecular weight is 439 g/mol. The van der Waals surface area contributed by atoms with Crippen LogP contribution < -0.4 is 10.1 Å². The van der Waals surface area contributed by atoms with Crippen LogP contribution in [0.15, 0.2) is 48.9 Å². The lowest BCUT2D eigenvalue weighted by Gasteiger charge is -2.14. The number of carbonyl (C=O) groups excluding carboxylic acids is 1.